The number of aryl methyl sites for hydroxylation is 2. The second-order valence-electron chi connectivity index (χ2n) is 5.84. The molecule has 6 heteroatoms. The first-order chi connectivity index (χ1) is 12.5. The van der Waals surface area contributed by atoms with Crippen molar-refractivity contribution in [2.24, 2.45) is 0 Å². The summed E-state index contributed by atoms with van der Waals surface area (Å²) in [6.07, 6.45) is 3.26. The van der Waals surface area contributed by atoms with E-state index in [4.69, 9.17) is 5.73 Å². The molecule has 0 saturated heterocycles. The van der Waals surface area contributed by atoms with Gasteiger partial charge in [0.15, 0.2) is 0 Å². The Bertz CT molecular complexity index is 929. The van der Waals surface area contributed by atoms with Gasteiger partial charge in [-0.05, 0) is 49.2 Å². The summed E-state index contributed by atoms with van der Waals surface area (Å²) in [4.78, 5) is 33.6. The maximum absolute atomic E-state index is 12.2. The Labute approximate surface area is 151 Å². The summed E-state index contributed by atoms with van der Waals surface area (Å²) in [5.41, 5.74) is 8.12. The second kappa shape index (κ2) is 7.14. The average Bonchev–Trinajstić information content (AvgIpc) is 2.90. The number of hydrogen-bond donors (Lipinski definition) is 1. The number of amides is 2. The Hall–Kier alpha value is -3.54. The minimum atomic E-state index is -0.308. The van der Waals surface area contributed by atoms with Gasteiger partial charge in [0.2, 0.25) is 0 Å². The molecule has 0 atom stereocenters. The van der Waals surface area contributed by atoms with Gasteiger partial charge in [0.05, 0.1) is 11.1 Å². The molecule has 0 unspecified atom stereocenters. The van der Waals surface area contributed by atoms with Crippen molar-refractivity contribution in [2.75, 3.05) is 10.6 Å². The normalized spacial score (nSPS) is 12.5. The second-order valence-corrected chi connectivity index (χ2v) is 5.84. The monoisotopic (exact) mass is 346 g/mol. The third-order valence-electron chi connectivity index (χ3n) is 4.04. The number of anilines is 2. The topological polar surface area (TPSA) is 89.2 Å². The summed E-state index contributed by atoms with van der Waals surface area (Å²) in [5.74, 6) is 0.408. The number of pyridine rings is 2. The Morgan fingerprint density at radius 3 is 1.77 bits per heavy atom. The van der Waals surface area contributed by atoms with E-state index in [1.165, 1.54) is 0 Å². The van der Waals surface area contributed by atoms with Gasteiger partial charge in [-0.15, -0.1) is 0 Å². The minimum Gasteiger partial charge on any atom is -0.383 e. The van der Waals surface area contributed by atoms with Crippen LogP contribution in [0.4, 0.5) is 11.6 Å². The summed E-state index contributed by atoms with van der Waals surface area (Å²) in [5, 5.41) is 0. The van der Waals surface area contributed by atoms with Crippen molar-refractivity contribution < 1.29 is 9.59 Å². The molecule has 0 spiro atoms. The summed E-state index contributed by atoms with van der Waals surface area (Å²) in [6, 6.07) is 14.2. The number of fused-ring (bicyclic) bond motifs is 1. The van der Waals surface area contributed by atoms with Crippen LogP contribution in [0.5, 0.6) is 0 Å². The highest BCUT2D eigenvalue weighted by Gasteiger charge is 2.37. The molecule has 0 aliphatic carbocycles. The van der Waals surface area contributed by atoms with Crippen LogP contribution in [0, 0.1) is 13.8 Å². The SMILES string of the molecule is Cc1cccnc1N.Cc1cccnc1N1C(=O)c2ccccc2C1=O. The van der Waals surface area contributed by atoms with Crippen LogP contribution in [0.15, 0.2) is 60.9 Å². The predicted molar refractivity (Wildman–Crippen MR) is 99.9 cm³/mol. The van der Waals surface area contributed by atoms with Crippen molar-refractivity contribution in [1.29, 1.82) is 0 Å². The number of nitrogens with zero attached hydrogens (tertiary/aromatic N) is 3. The fourth-order valence-electron chi connectivity index (χ4n) is 2.59. The zero-order valence-corrected chi connectivity index (χ0v) is 14.5. The Morgan fingerprint density at radius 2 is 1.31 bits per heavy atom. The van der Waals surface area contributed by atoms with Crippen molar-refractivity contribution in [3.63, 3.8) is 0 Å². The Morgan fingerprint density at radius 1 is 0.769 bits per heavy atom. The zero-order valence-electron chi connectivity index (χ0n) is 14.5. The van der Waals surface area contributed by atoms with Gasteiger partial charge in [0, 0.05) is 12.4 Å². The first-order valence-corrected chi connectivity index (χ1v) is 8.07. The van der Waals surface area contributed by atoms with E-state index in [-0.39, 0.29) is 11.8 Å². The number of nitrogen functional groups attached to an aromatic ring is 1. The number of aromatic nitrogens is 2. The molecule has 26 heavy (non-hydrogen) atoms. The number of carbonyl (C=O) groups excluding carboxylic acids is 2. The molecule has 0 radical (unpaired) electrons. The largest absolute Gasteiger partial charge is 0.383 e. The van der Waals surface area contributed by atoms with Crippen LogP contribution >= 0.6 is 0 Å². The fourth-order valence-corrected chi connectivity index (χ4v) is 2.59. The lowest BCUT2D eigenvalue weighted by Crippen LogP contribution is -2.30. The Balaban J connectivity index is 0.000000206. The molecule has 1 aliphatic heterocycles. The van der Waals surface area contributed by atoms with E-state index >= 15 is 0 Å². The van der Waals surface area contributed by atoms with Crippen molar-refractivity contribution in [3.8, 4) is 0 Å². The van der Waals surface area contributed by atoms with Gasteiger partial charge in [0.25, 0.3) is 11.8 Å². The van der Waals surface area contributed by atoms with Crippen molar-refractivity contribution in [1.82, 2.24) is 9.97 Å². The zero-order chi connectivity index (χ0) is 18.7. The highest BCUT2D eigenvalue weighted by atomic mass is 16.2. The van der Waals surface area contributed by atoms with E-state index in [2.05, 4.69) is 9.97 Å². The summed E-state index contributed by atoms with van der Waals surface area (Å²) >= 11 is 0. The third kappa shape index (κ3) is 3.17. The van der Waals surface area contributed by atoms with Crippen LogP contribution in [0.2, 0.25) is 0 Å². The van der Waals surface area contributed by atoms with Crippen LogP contribution in [-0.2, 0) is 0 Å². The van der Waals surface area contributed by atoms with Crippen molar-refractivity contribution in [3.05, 3.63) is 83.2 Å². The van der Waals surface area contributed by atoms with Gasteiger partial charge in [-0.2, -0.15) is 0 Å². The van der Waals surface area contributed by atoms with E-state index in [0.29, 0.717) is 22.8 Å². The highest BCUT2D eigenvalue weighted by Crippen LogP contribution is 2.28. The lowest BCUT2D eigenvalue weighted by Gasteiger charge is -2.14. The van der Waals surface area contributed by atoms with Gasteiger partial charge in [-0.3, -0.25) is 9.59 Å². The first kappa shape index (κ1) is 17.3. The summed E-state index contributed by atoms with van der Waals surface area (Å²) in [6.45, 7) is 3.76. The lowest BCUT2D eigenvalue weighted by atomic mass is 10.1. The molecule has 3 aromatic rings. The van der Waals surface area contributed by atoms with Crippen LogP contribution in [0.3, 0.4) is 0 Å². The lowest BCUT2D eigenvalue weighted by molar-refractivity contribution is 0.0925. The number of hydrogen-bond acceptors (Lipinski definition) is 5. The molecule has 1 aliphatic rings. The highest BCUT2D eigenvalue weighted by molar-refractivity contribution is 6.34. The van der Waals surface area contributed by atoms with Gasteiger partial charge < -0.3 is 5.73 Å². The summed E-state index contributed by atoms with van der Waals surface area (Å²) < 4.78 is 0. The molecule has 3 heterocycles. The van der Waals surface area contributed by atoms with Crippen LogP contribution < -0.4 is 10.6 Å². The number of carbonyl (C=O) groups is 2. The van der Waals surface area contributed by atoms with E-state index < -0.39 is 0 Å². The van der Waals surface area contributed by atoms with E-state index in [1.807, 2.05) is 32.0 Å². The molecule has 6 nitrogen and oxygen atoms in total. The maximum Gasteiger partial charge on any atom is 0.267 e. The van der Waals surface area contributed by atoms with Gasteiger partial charge in [-0.1, -0.05) is 24.3 Å². The van der Waals surface area contributed by atoms with Crippen LogP contribution in [0.25, 0.3) is 0 Å². The molecule has 1 aromatic carbocycles. The van der Waals surface area contributed by atoms with E-state index in [0.717, 1.165) is 16.0 Å². The predicted octanol–water partition coefficient (Wildman–Crippen LogP) is 3.16. The minimum absolute atomic E-state index is 0.308. The molecule has 2 N–H and O–H groups in total. The fraction of sp³-hybridized carbons (Fsp3) is 0.100. The molecular weight excluding hydrogens is 328 g/mol. The maximum atomic E-state index is 12.2. The number of imide groups is 1. The quantitative estimate of drug-likeness (QED) is 0.684. The van der Waals surface area contributed by atoms with Crippen LogP contribution in [-0.4, -0.2) is 21.8 Å². The molecule has 2 aromatic heterocycles. The first-order valence-electron chi connectivity index (χ1n) is 8.07. The van der Waals surface area contributed by atoms with Crippen molar-refractivity contribution >= 4 is 23.5 Å². The Kier molecular flexibility index (Phi) is 4.75. The molecular formula is C20H18N4O2. The molecule has 0 bridgehead atoms. The van der Waals surface area contributed by atoms with E-state index in [9.17, 15) is 9.59 Å². The van der Waals surface area contributed by atoms with Crippen molar-refractivity contribution in [2.45, 2.75) is 13.8 Å². The summed E-state index contributed by atoms with van der Waals surface area (Å²) in [7, 11) is 0. The number of nitrogens with two attached hydrogens (primary N) is 1. The van der Waals surface area contributed by atoms with Gasteiger partial charge >= 0.3 is 0 Å². The number of benzene rings is 1. The molecule has 2 amide bonds. The standard InChI is InChI=1S/C14H10N2O2.C6H8N2/c1-9-5-4-8-15-12(9)16-13(17)10-6-2-3-7-11(10)14(16)18;1-5-3-2-4-8-6(5)7/h2-8H,1H3;2-4H,1H3,(H2,7,8). The smallest absolute Gasteiger partial charge is 0.267 e. The molecule has 0 saturated carbocycles. The van der Waals surface area contributed by atoms with Gasteiger partial charge in [0.1, 0.15) is 11.6 Å². The average molecular weight is 346 g/mol. The molecule has 130 valence electrons. The van der Waals surface area contributed by atoms with E-state index in [1.54, 1.807) is 42.7 Å². The molecule has 4 rings (SSSR count). The number of rotatable bonds is 1. The van der Waals surface area contributed by atoms with Gasteiger partial charge in [-0.25, -0.2) is 14.9 Å². The van der Waals surface area contributed by atoms with Crippen LogP contribution in [0.1, 0.15) is 31.8 Å². The third-order valence-corrected chi connectivity index (χ3v) is 4.04. The molecule has 0 fully saturated rings.